The molecule has 0 heterocycles. The summed E-state index contributed by atoms with van der Waals surface area (Å²) in [5.74, 6) is -0.0464. The summed E-state index contributed by atoms with van der Waals surface area (Å²) in [6.45, 7) is 4.08. The van der Waals surface area contributed by atoms with E-state index in [1.807, 2.05) is 13.0 Å². The monoisotopic (exact) mass is 264 g/mol. The molecule has 1 aliphatic carbocycles. The van der Waals surface area contributed by atoms with Gasteiger partial charge in [-0.2, -0.15) is 0 Å². The Morgan fingerprint density at radius 1 is 0.800 bits per heavy atom. The van der Waals surface area contributed by atoms with Gasteiger partial charge in [-0.1, -0.05) is 44.2 Å². The largest absolute Gasteiger partial charge is 0.289 e. The molecule has 0 N–H and O–H groups in total. The summed E-state index contributed by atoms with van der Waals surface area (Å²) in [4.78, 5) is 25.3. The minimum atomic E-state index is -0.0276. The molecular formula is C18H16O2. The van der Waals surface area contributed by atoms with Gasteiger partial charge in [0.25, 0.3) is 0 Å². The van der Waals surface area contributed by atoms with Gasteiger partial charge in [0.1, 0.15) is 0 Å². The molecule has 0 unspecified atom stereocenters. The van der Waals surface area contributed by atoms with Crippen LogP contribution in [0.2, 0.25) is 0 Å². The van der Waals surface area contributed by atoms with Crippen molar-refractivity contribution in [1.29, 1.82) is 0 Å². The van der Waals surface area contributed by atoms with E-state index < -0.39 is 0 Å². The van der Waals surface area contributed by atoms with E-state index in [1.165, 1.54) is 0 Å². The maximum absolute atomic E-state index is 12.7. The standard InChI is InChI=1S/C18H16O2/c1-3-11-9-12(4-2)16-15(10-11)17(19)13-7-5-6-8-14(13)18(16)20/h5-10H,3-4H2,1-2H3. The molecule has 0 radical (unpaired) electrons. The zero-order chi connectivity index (χ0) is 14.3. The van der Waals surface area contributed by atoms with Crippen LogP contribution in [0.15, 0.2) is 36.4 Å². The van der Waals surface area contributed by atoms with Crippen molar-refractivity contribution in [3.8, 4) is 0 Å². The van der Waals surface area contributed by atoms with Gasteiger partial charge >= 0.3 is 0 Å². The summed E-state index contributed by atoms with van der Waals surface area (Å²) in [5.41, 5.74) is 4.33. The second kappa shape index (κ2) is 4.71. The van der Waals surface area contributed by atoms with Crippen LogP contribution in [0.25, 0.3) is 0 Å². The van der Waals surface area contributed by atoms with Crippen molar-refractivity contribution in [1.82, 2.24) is 0 Å². The Morgan fingerprint density at radius 3 is 2.05 bits per heavy atom. The Hall–Kier alpha value is -2.22. The molecule has 0 aliphatic heterocycles. The zero-order valence-corrected chi connectivity index (χ0v) is 11.7. The molecule has 0 aromatic heterocycles. The van der Waals surface area contributed by atoms with Gasteiger partial charge in [-0.15, -0.1) is 0 Å². The van der Waals surface area contributed by atoms with Crippen molar-refractivity contribution in [2.24, 2.45) is 0 Å². The Kier molecular flexibility index (Phi) is 3.01. The van der Waals surface area contributed by atoms with Crippen LogP contribution >= 0.6 is 0 Å². The Balaban J connectivity index is 2.32. The van der Waals surface area contributed by atoms with Crippen LogP contribution in [0.3, 0.4) is 0 Å². The van der Waals surface area contributed by atoms with Gasteiger partial charge in [0.05, 0.1) is 0 Å². The molecule has 2 heteroatoms. The van der Waals surface area contributed by atoms with Crippen molar-refractivity contribution >= 4 is 11.6 Å². The molecule has 2 aromatic rings. The number of aryl methyl sites for hydroxylation is 2. The molecule has 0 spiro atoms. The number of hydrogen-bond acceptors (Lipinski definition) is 2. The third kappa shape index (κ3) is 1.72. The first kappa shape index (κ1) is 12.8. The quantitative estimate of drug-likeness (QED) is 0.709. The van der Waals surface area contributed by atoms with E-state index >= 15 is 0 Å². The SMILES string of the molecule is CCc1cc(CC)c2c(c1)C(=O)c1ccccc1C2=O. The third-order valence-electron chi connectivity index (χ3n) is 3.96. The third-order valence-corrected chi connectivity index (χ3v) is 3.96. The summed E-state index contributed by atoms with van der Waals surface area (Å²) in [7, 11) is 0. The van der Waals surface area contributed by atoms with Crippen LogP contribution in [0.1, 0.15) is 56.8 Å². The van der Waals surface area contributed by atoms with Gasteiger partial charge in [0, 0.05) is 22.3 Å². The molecule has 0 bridgehead atoms. The highest BCUT2D eigenvalue weighted by Gasteiger charge is 2.31. The molecule has 20 heavy (non-hydrogen) atoms. The Morgan fingerprint density at radius 2 is 1.45 bits per heavy atom. The van der Waals surface area contributed by atoms with Crippen LogP contribution in [-0.4, -0.2) is 11.6 Å². The number of carbonyl (C=O) groups is 2. The second-order valence-corrected chi connectivity index (χ2v) is 5.09. The molecule has 0 fully saturated rings. The number of carbonyl (C=O) groups excluding carboxylic acids is 2. The summed E-state index contributed by atoms with van der Waals surface area (Å²) in [6, 6.07) is 11.0. The van der Waals surface area contributed by atoms with E-state index in [9.17, 15) is 9.59 Å². The predicted octanol–water partition coefficient (Wildman–Crippen LogP) is 3.59. The number of rotatable bonds is 2. The first-order valence-electron chi connectivity index (χ1n) is 7.01. The van der Waals surface area contributed by atoms with Crippen LogP contribution in [0, 0.1) is 0 Å². The first-order valence-corrected chi connectivity index (χ1v) is 7.01. The van der Waals surface area contributed by atoms with Gasteiger partial charge < -0.3 is 0 Å². The summed E-state index contributed by atoms with van der Waals surface area (Å²) >= 11 is 0. The Labute approximate surface area is 118 Å². The highest BCUT2D eigenvalue weighted by molar-refractivity contribution is 6.28. The van der Waals surface area contributed by atoms with Crippen LogP contribution in [0.4, 0.5) is 0 Å². The van der Waals surface area contributed by atoms with Gasteiger partial charge in [-0.3, -0.25) is 9.59 Å². The number of hydrogen-bond donors (Lipinski definition) is 0. The molecule has 0 atom stereocenters. The summed E-state index contributed by atoms with van der Waals surface area (Å²) < 4.78 is 0. The molecule has 2 nitrogen and oxygen atoms in total. The normalized spacial score (nSPS) is 13.1. The minimum Gasteiger partial charge on any atom is -0.289 e. The lowest BCUT2D eigenvalue weighted by Crippen LogP contribution is -2.22. The molecule has 3 rings (SSSR count). The Bertz CT molecular complexity index is 726. The van der Waals surface area contributed by atoms with Gasteiger partial charge in [-0.05, 0) is 30.0 Å². The van der Waals surface area contributed by atoms with Crippen LogP contribution in [-0.2, 0) is 12.8 Å². The fraction of sp³-hybridized carbons (Fsp3) is 0.222. The van der Waals surface area contributed by atoms with E-state index in [0.717, 1.165) is 24.0 Å². The molecule has 0 saturated heterocycles. The lowest BCUT2D eigenvalue weighted by molar-refractivity contribution is 0.0978. The van der Waals surface area contributed by atoms with Crippen molar-refractivity contribution < 1.29 is 9.59 Å². The lowest BCUT2D eigenvalue weighted by Gasteiger charge is -2.21. The van der Waals surface area contributed by atoms with Crippen molar-refractivity contribution in [3.63, 3.8) is 0 Å². The fourth-order valence-corrected chi connectivity index (χ4v) is 2.86. The topological polar surface area (TPSA) is 34.1 Å². The number of ketones is 2. The first-order chi connectivity index (χ1) is 9.67. The average Bonchev–Trinajstić information content (AvgIpc) is 2.51. The number of benzene rings is 2. The highest BCUT2D eigenvalue weighted by Crippen LogP contribution is 2.30. The van der Waals surface area contributed by atoms with Crippen molar-refractivity contribution in [2.75, 3.05) is 0 Å². The summed E-state index contributed by atoms with van der Waals surface area (Å²) in [6.07, 6.45) is 1.63. The maximum atomic E-state index is 12.7. The van der Waals surface area contributed by atoms with Crippen LogP contribution in [0.5, 0.6) is 0 Å². The minimum absolute atomic E-state index is 0.0188. The molecule has 0 amide bonds. The zero-order valence-electron chi connectivity index (χ0n) is 11.7. The van der Waals surface area contributed by atoms with Gasteiger partial charge in [0.2, 0.25) is 0 Å². The second-order valence-electron chi connectivity index (χ2n) is 5.09. The van der Waals surface area contributed by atoms with Gasteiger partial charge in [0.15, 0.2) is 11.6 Å². The van der Waals surface area contributed by atoms with E-state index in [1.54, 1.807) is 24.3 Å². The van der Waals surface area contributed by atoms with Gasteiger partial charge in [-0.25, -0.2) is 0 Å². The van der Waals surface area contributed by atoms with E-state index in [4.69, 9.17) is 0 Å². The van der Waals surface area contributed by atoms with Crippen molar-refractivity contribution in [2.45, 2.75) is 26.7 Å². The smallest absolute Gasteiger partial charge is 0.194 e. The van der Waals surface area contributed by atoms with E-state index in [2.05, 4.69) is 13.0 Å². The molecule has 100 valence electrons. The maximum Gasteiger partial charge on any atom is 0.194 e. The van der Waals surface area contributed by atoms with Crippen LogP contribution < -0.4 is 0 Å². The lowest BCUT2D eigenvalue weighted by atomic mass is 9.80. The molecule has 0 saturated carbocycles. The average molecular weight is 264 g/mol. The van der Waals surface area contributed by atoms with E-state index in [0.29, 0.717) is 22.3 Å². The molecular weight excluding hydrogens is 248 g/mol. The highest BCUT2D eigenvalue weighted by atomic mass is 16.1. The van der Waals surface area contributed by atoms with E-state index in [-0.39, 0.29) is 11.6 Å². The van der Waals surface area contributed by atoms with Crippen molar-refractivity contribution in [3.05, 3.63) is 69.8 Å². The fourth-order valence-electron chi connectivity index (χ4n) is 2.86. The summed E-state index contributed by atoms with van der Waals surface area (Å²) in [5, 5.41) is 0. The number of fused-ring (bicyclic) bond motifs is 2. The molecule has 2 aromatic carbocycles. The molecule has 1 aliphatic rings. The predicted molar refractivity (Wildman–Crippen MR) is 78.5 cm³/mol.